The minimum Gasteiger partial charge on any atom is -0.497 e. The van der Waals surface area contributed by atoms with E-state index in [9.17, 15) is 4.79 Å². The molecule has 132 valence electrons. The highest BCUT2D eigenvalue weighted by molar-refractivity contribution is 5.92. The third-order valence-corrected chi connectivity index (χ3v) is 4.64. The zero-order valence-corrected chi connectivity index (χ0v) is 14.6. The molecule has 1 aromatic carbocycles. The van der Waals surface area contributed by atoms with Crippen molar-refractivity contribution in [2.75, 3.05) is 17.7 Å². The van der Waals surface area contributed by atoms with Gasteiger partial charge in [-0.15, -0.1) is 0 Å². The zero-order chi connectivity index (χ0) is 17.5. The lowest BCUT2D eigenvalue weighted by atomic mass is 9.88. The van der Waals surface area contributed by atoms with E-state index in [0.29, 0.717) is 6.54 Å². The van der Waals surface area contributed by atoms with Gasteiger partial charge in [-0.1, -0.05) is 31.4 Å². The molecule has 0 bridgehead atoms. The number of benzene rings is 1. The monoisotopic (exact) mass is 339 g/mol. The van der Waals surface area contributed by atoms with Gasteiger partial charge < -0.3 is 15.4 Å². The average molecular weight is 339 g/mol. The Bertz CT molecular complexity index is 677. The van der Waals surface area contributed by atoms with E-state index in [0.717, 1.165) is 48.5 Å². The predicted molar refractivity (Wildman–Crippen MR) is 99.8 cm³/mol. The summed E-state index contributed by atoms with van der Waals surface area (Å²) in [5.74, 6) is 1.91. The van der Waals surface area contributed by atoms with Gasteiger partial charge in [0.25, 0.3) is 0 Å². The summed E-state index contributed by atoms with van der Waals surface area (Å²) < 4.78 is 5.15. The van der Waals surface area contributed by atoms with Gasteiger partial charge in [0.1, 0.15) is 11.6 Å². The molecule has 0 saturated heterocycles. The molecule has 25 heavy (non-hydrogen) atoms. The van der Waals surface area contributed by atoms with E-state index in [-0.39, 0.29) is 11.8 Å². The molecule has 1 heterocycles. The molecule has 1 aromatic heterocycles. The van der Waals surface area contributed by atoms with Crippen LogP contribution in [0.2, 0.25) is 0 Å². The number of amides is 1. The number of ether oxygens (including phenoxy) is 1. The number of methoxy groups -OCH3 is 1. The quantitative estimate of drug-likeness (QED) is 0.827. The molecule has 5 nitrogen and oxygen atoms in total. The van der Waals surface area contributed by atoms with Crippen LogP contribution >= 0.6 is 0 Å². The number of nitrogens with zero attached hydrogens (tertiary/aromatic N) is 1. The highest BCUT2D eigenvalue weighted by Crippen LogP contribution is 2.25. The van der Waals surface area contributed by atoms with Gasteiger partial charge in [0.2, 0.25) is 5.91 Å². The topological polar surface area (TPSA) is 63.2 Å². The molecule has 0 radical (unpaired) electrons. The second-order valence-corrected chi connectivity index (χ2v) is 6.46. The first-order valence-electron chi connectivity index (χ1n) is 8.88. The van der Waals surface area contributed by atoms with E-state index in [1.165, 1.54) is 6.42 Å². The molecule has 0 unspecified atom stereocenters. The number of aromatic nitrogens is 1. The van der Waals surface area contributed by atoms with Crippen LogP contribution in [0.15, 0.2) is 42.6 Å². The molecule has 3 rings (SSSR count). The van der Waals surface area contributed by atoms with Gasteiger partial charge in [-0.3, -0.25) is 4.79 Å². The largest absolute Gasteiger partial charge is 0.497 e. The molecule has 0 aliphatic heterocycles. The first kappa shape index (κ1) is 17.3. The molecule has 1 aliphatic rings. The van der Waals surface area contributed by atoms with Crippen molar-refractivity contribution in [1.82, 2.24) is 4.98 Å². The van der Waals surface area contributed by atoms with E-state index < -0.39 is 0 Å². The minimum atomic E-state index is 0.125. The summed E-state index contributed by atoms with van der Waals surface area (Å²) in [5, 5.41) is 6.26. The van der Waals surface area contributed by atoms with E-state index in [2.05, 4.69) is 15.6 Å². The second-order valence-electron chi connectivity index (χ2n) is 6.46. The van der Waals surface area contributed by atoms with Crippen molar-refractivity contribution in [2.24, 2.45) is 5.92 Å². The van der Waals surface area contributed by atoms with Crippen LogP contribution in [0, 0.1) is 5.92 Å². The van der Waals surface area contributed by atoms with Crippen molar-refractivity contribution in [3.05, 3.63) is 48.2 Å². The van der Waals surface area contributed by atoms with Crippen LogP contribution in [-0.4, -0.2) is 18.0 Å². The van der Waals surface area contributed by atoms with E-state index in [4.69, 9.17) is 4.74 Å². The fourth-order valence-corrected chi connectivity index (χ4v) is 3.12. The van der Waals surface area contributed by atoms with Crippen molar-refractivity contribution in [3.8, 4) is 5.75 Å². The Morgan fingerprint density at radius 3 is 2.52 bits per heavy atom. The maximum Gasteiger partial charge on any atom is 0.227 e. The Balaban J connectivity index is 1.50. The van der Waals surface area contributed by atoms with Crippen molar-refractivity contribution < 1.29 is 9.53 Å². The fraction of sp³-hybridized carbons (Fsp3) is 0.400. The molecule has 1 fully saturated rings. The van der Waals surface area contributed by atoms with Crippen LogP contribution in [-0.2, 0) is 11.3 Å². The molecular weight excluding hydrogens is 314 g/mol. The highest BCUT2D eigenvalue weighted by atomic mass is 16.5. The summed E-state index contributed by atoms with van der Waals surface area (Å²) in [4.78, 5) is 16.6. The van der Waals surface area contributed by atoms with Gasteiger partial charge in [0.05, 0.1) is 19.0 Å². The molecule has 2 N–H and O–H groups in total. The van der Waals surface area contributed by atoms with Gasteiger partial charge in [0, 0.05) is 12.5 Å². The molecule has 0 atom stereocenters. The third kappa shape index (κ3) is 4.95. The van der Waals surface area contributed by atoms with Crippen LogP contribution in [0.4, 0.5) is 11.5 Å². The molecule has 1 aliphatic carbocycles. The van der Waals surface area contributed by atoms with Gasteiger partial charge >= 0.3 is 0 Å². The van der Waals surface area contributed by atoms with Crippen LogP contribution < -0.4 is 15.4 Å². The van der Waals surface area contributed by atoms with E-state index in [1.807, 2.05) is 36.4 Å². The molecule has 2 aromatic rings. The van der Waals surface area contributed by atoms with Crippen molar-refractivity contribution >= 4 is 17.4 Å². The average Bonchev–Trinajstić information content (AvgIpc) is 2.68. The number of carbonyl (C=O) groups is 1. The molecule has 1 saturated carbocycles. The number of hydrogen-bond donors (Lipinski definition) is 2. The van der Waals surface area contributed by atoms with Crippen molar-refractivity contribution in [3.63, 3.8) is 0 Å². The van der Waals surface area contributed by atoms with Gasteiger partial charge in [-0.2, -0.15) is 0 Å². The summed E-state index contributed by atoms with van der Waals surface area (Å²) in [6.45, 7) is 0.685. The maximum absolute atomic E-state index is 12.3. The van der Waals surface area contributed by atoms with Crippen molar-refractivity contribution in [2.45, 2.75) is 38.6 Å². The van der Waals surface area contributed by atoms with E-state index >= 15 is 0 Å². The normalized spacial score (nSPS) is 14.8. The first-order chi connectivity index (χ1) is 12.2. The maximum atomic E-state index is 12.3. The fourth-order valence-electron chi connectivity index (χ4n) is 3.12. The Morgan fingerprint density at radius 2 is 1.88 bits per heavy atom. The molecule has 1 amide bonds. The summed E-state index contributed by atoms with van der Waals surface area (Å²) in [6, 6.07) is 11.7. The van der Waals surface area contributed by atoms with Crippen LogP contribution in [0.1, 0.15) is 37.7 Å². The summed E-state index contributed by atoms with van der Waals surface area (Å²) in [6.07, 6.45) is 7.27. The first-order valence-corrected chi connectivity index (χ1v) is 8.88. The van der Waals surface area contributed by atoms with Crippen LogP contribution in [0.25, 0.3) is 0 Å². The summed E-state index contributed by atoms with van der Waals surface area (Å²) in [7, 11) is 1.66. The smallest absolute Gasteiger partial charge is 0.227 e. The Kier molecular flexibility index (Phi) is 5.88. The summed E-state index contributed by atoms with van der Waals surface area (Å²) in [5.41, 5.74) is 1.91. The molecule has 0 spiro atoms. The zero-order valence-electron chi connectivity index (χ0n) is 14.6. The number of pyridine rings is 1. The minimum absolute atomic E-state index is 0.125. The summed E-state index contributed by atoms with van der Waals surface area (Å²) >= 11 is 0. The SMILES string of the molecule is COc1ccc(CNc2ccc(NC(=O)C3CCCCC3)cn2)cc1. The Labute approximate surface area is 148 Å². The number of carbonyl (C=O) groups excluding carboxylic acids is 1. The highest BCUT2D eigenvalue weighted by Gasteiger charge is 2.20. The Morgan fingerprint density at radius 1 is 1.12 bits per heavy atom. The lowest BCUT2D eigenvalue weighted by Crippen LogP contribution is -2.24. The van der Waals surface area contributed by atoms with Crippen LogP contribution in [0.3, 0.4) is 0 Å². The van der Waals surface area contributed by atoms with Gasteiger partial charge in [-0.25, -0.2) is 4.98 Å². The van der Waals surface area contributed by atoms with E-state index in [1.54, 1.807) is 13.3 Å². The van der Waals surface area contributed by atoms with Gasteiger partial charge in [-0.05, 0) is 42.7 Å². The number of anilines is 2. The molecular formula is C20H25N3O2. The second kappa shape index (κ2) is 8.51. The Hall–Kier alpha value is -2.56. The van der Waals surface area contributed by atoms with Crippen molar-refractivity contribution in [1.29, 1.82) is 0 Å². The number of rotatable bonds is 6. The number of nitrogens with one attached hydrogen (secondary N) is 2. The third-order valence-electron chi connectivity index (χ3n) is 4.64. The van der Waals surface area contributed by atoms with Gasteiger partial charge in [0.15, 0.2) is 0 Å². The lowest BCUT2D eigenvalue weighted by molar-refractivity contribution is -0.120. The molecule has 5 heteroatoms. The number of hydrogen-bond acceptors (Lipinski definition) is 4. The van der Waals surface area contributed by atoms with Crippen LogP contribution in [0.5, 0.6) is 5.75 Å². The predicted octanol–water partition coefficient (Wildman–Crippen LogP) is 4.22. The standard InChI is InChI=1S/C20H25N3O2/c1-25-18-10-7-15(8-11-18)13-21-19-12-9-17(14-22-19)23-20(24)16-5-3-2-4-6-16/h7-12,14,16H,2-6,13H2,1H3,(H,21,22)(H,23,24). The lowest BCUT2D eigenvalue weighted by Gasteiger charge is -2.20.